The highest BCUT2D eigenvalue weighted by Crippen LogP contribution is 2.29. The number of rotatable bonds is 5. The van der Waals surface area contributed by atoms with E-state index in [2.05, 4.69) is 40.3 Å². The molecule has 0 bridgehead atoms. The summed E-state index contributed by atoms with van der Waals surface area (Å²) >= 11 is 3.35. The number of nitrogens with one attached hydrogen (secondary N) is 1. The van der Waals surface area contributed by atoms with Crippen LogP contribution in [-0.4, -0.2) is 13.7 Å². The van der Waals surface area contributed by atoms with Crippen molar-refractivity contribution >= 4 is 15.9 Å². The molecule has 1 N–H and O–H groups in total. The number of hydrogen-bond donors (Lipinski definition) is 1. The second-order valence-corrected chi connectivity index (χ2v) is 5.14. The Kier molecular flexibility index (Phi) is 4.66. The Bertz CT molecular complexity index is 551. The molecule has 2 aromatic rings. The molecule has 0 spiro atoms. The van der Waals surface area contributed by atoms with Crippen molar-refractivity contribution in [3.05, 3.63) is 51.9 Å². The number of benzene rings is 1. The van der Waals surface area contributed by atoms with Crippen molar-refractivity contribution in [2.45, 2.75) is 19.9 Å². The topological polar surface area (TPSA) is 34.4 Å². The van der Waals surface area contributed by atoms with Gasteiger partial charge in [-0.1, -0.05) is 19.1 Å². The summed E-state index contributed by atoms with van der Waals surface area (Å²) in [6.07, 6.45) is 0. The molecule has 3 nitrogen and oxygen atoms in total. The first-order valence-electron chi connectivity index (χ1n) is 6.29. The molecule has 1 heterocycles. The molecule has 0 saturated heterocycles. The Morgan fingerprint density at radius 1 is 1.32 bits per heavy atom. The maximum Gasteiger partial charge on any atom is 0.169 e. The summed E-state index contributed by atoms with van der Waals surface area (Å²) < 4.78 is 11.7. The van der Waals surface area contributed by atoms with Gasteiger partial charge in [-0.05, 0) is 58.7 Å². The monoisotopic (exact) mass is 323 g/mol. The molecule has 0 fully saturated rings. The van der Waals surface area contributed by atoms with Gasteiger partial charge in [-0.25, -0.2) is 0 Å². The Labute approximate surface area is 122 Å². The van der Waals surface area contributed by atoms with Crippen molar-refractivity contribution in [3.8, 4) is 5.75 Å². The van der Waals surface area contributed by atoms with E-state index in [1.54, 1.807) is 7.11 Å². The smallest absolute Gasteiger partial charge is 0.169 e. The summed E-state index contributed by atoms with van der Waals surface area (Å²) in [5.74, 6) is 1.80. The van der Waals surface area contributed by atoms with Gasteiger partial charge in [0.15, 0.2) is 4.67 Å². The van der Waals surface area contributed by atoms with Gasteiger partial charge in [0.1, 0.15) is 11.5 Å². The minimum absolute atomic E-state index is 0.0564. The summed E-state index contributed by atoms with van der Waals surface area (Å²) in [4.78, 5) is 0. The molecule has 0 aliphatic heterocycles. The van der Waals surface area contributed by atoms with Gasteiger partial charge in [0.2, 0.25) is 0 Å². The molecule has 0 amide bonds. The molecule has 0 aliphatic rings. The number of methoxy groups -OCH3 is 1. The lowest BCUT2D eigenvalue weighted by Crippen LogP contribution is -2.21. The number of ether oxygens (including phenoxy) is 1. The number of aryl methyl sites for hydroxylation is 1. The summed E-state index contributed by atoms with van der Waals surface area (Å²) in [5, 5.41) is 3.44. The molecule has 4 heteroatoms. The van der Waals surface area contributed by atoms with Crippen molar-refractivity contribution in [2.24, 2.45) is 0 Å². The van der Waals surface area contributed by atoms with Gasteiger partial charge in [-0.15, -0.1) is 0 Å². The van der Waals surface area contributed by atoms with Gasteiger partial charge >= 0.3 is 0 Å². The average molecular weight is 324 g/mol. The molecule has 19 heavy (non-hydrogen) atoms. The second kappa shape index (κ2) is 6.26. The van der Waals surface area contributed by atoms with Gasteiger partial charge in [0.05, 0.1) is 13.2 Å². The largest absolute Gasteiger partial charge is 0.496 e. The highest BCUT2D eigenvalue weighted by molar-refractivity contribution is 9.10. The average Bonchev–Trinajstić information content (AvgIpc) is 2.82. The lowest BCUT2D eigenvalue weighted by Gasteiger charge is -2.17. The maximum absolute atomic E-state index is 5.67. The molecular formula is C15H18BrNO2. The van der Waals surface area contributed by atoms with Crippen LogP contribution in [0.1, 0.15) is 29.9 Å². The van der Waals surface area contributed by atoms with Crippen molar-refractivity contribution < 1.29 is 9.15 Å². The van der Waals surface area contributed by atoms with Crippen LogP contribution >= 0.6 is 15.9 Å². The lowest BCUT2D eigenvalue weighted by atomic mass is 10.0. The first-order chi connectivity index (χ1) is 9.15. The van der Waals surface area contributed by atoms with E-state index < -0.39 is 0 Å². The normalized spacial score (nSPS) is 12.4. The van der Waals surface area contributed by atoms with Crippen LogP contribution in [-0.2, 0) is 0 Å². The fraction of sp³-hybridized carbons (Fsp3) is 0.333. The molecule has 102 valence electrons. The fourth-order valence-corrected chi connectivity index (χ4v) is 2.47. The fourth-order valence-electron chi connectivity index (χ4n) is 2.15. The summed E-state index contributed by atoms with van der Waals surface area (Å²) in [7, 11) is 1.69. The Balaban J connectivity index is 2.36. The zero-order valence-electron chi connectivity index (χ0n) is 11.4. The van der Waals surface area contributed by atoms with E-state index in [1.807, 2.05) is 25.1 Å². The zero-order valence-corrected chi connectivity index (χ0v) is 13.0. The molecule has 0 aliphatic carbocycles. The third-order valence-electron chi connectivity index (χ3n) is 3.04. The van der Waals surface area contributed by atoms with E-state index in [4.69, 9.17) is 9.15 Å². The molecular weight excluding hydrogens is 306 g/mol. The number of furan rings is 1. The minimum Gasteiger partial charge on any atom is -0.496 e. The van der Waals surface area contributed by atoms with E-state index in [0.717, 1.165) is 28.3 Å². The van der Waals surface area contributed by atoms with Crippen molar-refractivity contribution in [1.82, 2.24) is 5.32 Å². The van der Waals surface area contributed by atoms with E-state index in [1.165, 1.54) is 5.56 Å². The molecule has 1 aromatic carbocycles. The third-order valence-corrected chi connectivity index (χ3v) is 3.47. The minimum atomic E-state index is 0.0564. The maximum atomic E-state index is 5.67. The van der Waals surface area contributed by atoms with Gasteiger partial charge in [-0.2, -0.15) is 0 Å². The Hall–Kier alpha value is -1.26. The van der Waals surface area contributed by atoms with Crippen LogP contribution in [0.2, 0.25) is 0 Å². The standard InChI is InChI=1S/C15H18BrNO2/c1-4-17-15(13-7-8-14(16)19-13)11-5-6-12(18-3)10(2)9-11/h5-9,15,17H,4H2,1-3H3. The summed E-state index contributed by atoms with van der Waals surface area (Å²) in [6.45, 7) is 5.00. The van der Waals surface area contributed by atoms with E-state index in [9.17, 15) is 0 Å². The summed E-state index contributed by atoms with van der Waals surface area (Å²) in [5.41, 5.74) is 2.29. The van der Waals surface area contributed by atoms with Gasteiger partial charge in [0.25, 0.3) is 0 Å². The van der Waals surface area contributed by atoms with Crippen molar-refractivity contribution in [2.75, 3.05) is 13.7 Å². The highest BCUT2D eigenvalue weighted by Gasteiger charge is 2.17. The quantitative estimate of drug-likeness (QED) is 0.901. The number of hydrogen-bond acceptors (Lipinski definition) is 3. The predicted octanol–water partition coefficient (Wildman–Crippen LogP) is 4.06. The van der Waals surface area contributed by atoms with Crippen LogP contribution in [0.5, 0.6) is 5.75 Å². The molecule has 1 aromatic heterocycles. The Morgan fingerprint density at radius 3 is 2.63 bits per heavy atom. The van der Waals surface area contributed by atoms with E-state index in [0.29, 0.717) is 0 Å². The van der Waals surface area contributed by atoms with Crippen LogP contribution in [0, 0.1) is 6.92 Å². The van der Waals surface area contributed by atoms with Crippen LogP contribution in [0.3, 0.4) is 0 Å². The van der Waals surface area contributed by atoms with Crippen LogP contribution < -0.4 is 10.1 Å². The zero-order chi connectivity index (χ0) is 13.8. The molecule has 1 unspecified atom stereocenters. The van der Waals surface area contributed by atoms with Gasteiger partial charge < -0.3 is 14.5 Å². The SMILES string of the molecule is CCNC(c1ccc(OC)c(C)c1)c1ccc(Br)o1. The van der Waals surface area contributed by atoms with Crippen molar-refractivity contribution in [1.29, 1.82) is 0 Å². The van der Waals surface area contributed by atoms with Crippen LogP contribution in [0.4, 0.5) is 0 Å². The molecule has 0 saturated carbocycles. The molecule has 0 radical (unpaired) electrons. The first-order valence-corrected chi connectivity index (χ1v) is 7.08. The Morgan fingerprint density at radius 2 is 2.11 bits per heavy atom. The highest BCUT2D eigenvalue weighted by atomic mass is 79.9. The van der Waals surface area contributed by atoms with Gasteiger partial charge in [0, 0.05) is 0 Å². The number of halogens is 1. The first kappa shape index (κ1) is 14.2. The van der Waals surface area contributed by atoms with E-state index >= 15 is 0 Å². The van der Waals surface area contributed by atoms with E-state index in [-0.39, 0.29) is 6.04 Å². The molecule has 1 atom stereocenters. The third kappa shape index (κ3) is 3.19. The second-order valence-electron chi connectivity index (χ2n) is 4.36. The predicted molar refractivity (Wildman–Crippen MR) is 79.7 cm³/mol. The van der Waals surface area contributed by atoms with Crippen LogP contribution in [0.15, 0.2) is 39.4 Å². The summed E-state index contributed by atoms with van der Waals surface area (Å²) in [6, 6.07) is 10.1. The van der Waals surface area contributed by atoms with Gasteiger partial charge in [-0.3, -0.25) is 0 Å². The van der Waals surface area contributed by atoms with Crippen LogP contribution in [0.25, 0.3) is 0 Å². The lowest BCUT2D eigenvalue weighted by molar-refractivity contribution is 0.410. The van der Waals surface area contributed by atoms with Crippen molar-refractivity contribution in [3.63, 3.8) is 0 Å². The molecule has 2 rings (SSSR count).